The van der Waals surface area contributed by atoms with Crippen molar-refractivity contribution in [2.45, 2.75) is 19.9 Å². The van der Waals surface area contributed by atoms with Crippen molar-refractivity contribution >= 4 is 27.9 Å². The van der Waals surface area contributed by atoms with E-state index < -0.39 is 0 Å². The molecule has 174 valence electrons. The summed E-state index contributed by atoms with van der Waals surface area (Å²) in [6.45, 7) is 4.42. The van der Waals surface area contributed by atoms with Gasteiger partial charge in [-0.1, -0.05) is 49.4 Å². The minimum absolute atomic E-state index is 0.865. The van der Waals surface area contributed by atoms with Gasteiger partial charge in [-0.15, -0.1) is 0 Å². The second-order valence-electron chi connectivity index (χ2n) is 9.44. The van der Waals surface area contributed by atoms with E-state index in [-0.39, 0.29) is 0 Å². The molecule has 0 aliphatic carbocycles. The van der Waals surface area contributed by atoms with Crippen molar-refractivity contribution in [3.63, 3.8) is 0 Å². The molecule has 1 aliphatic heterocycles. The second kappa shape index (κ2) is 8.69. The first-order valence-electron chi connectivity index (χ1n) is 12.0. The average Bonchev–Trinajstić information content (AvgIpc) is 3.37. The van der Waals surface area contributed by atoms with E-state index in [1.165, 1.54) is 44.6 Å². The van der Waals surface area contributed by atoms with Gasteiger partial charge >= 0.3 is 0 Å². The van der Waals surface area contributed by atoms with Gasteiger partial charge < -0.3 is 9.47 Å². The number of benzene rings is 3. The summed E-state index contributed by atoms with van der Waals surface area (Å²) in [5, 5.41) is 1.33. The molecule has 1 aliphatic rings. The number of fused-ring (bicyclic) bond motifs is 3. The lowest BCUT2D eigenvalue weighted by Crippen LogP contribution is -2.38. The Labute approximate surface area is 202 Å². The standard InChI is InChI=1S/C30H33N2O2/c1-6-25(29-26-9-7-8-10-27(26)31-19-20-32(2,3)30(29)31)28(21-11-15-23(33-4)16-12-21)22-13-17-24(34-5)18-14-22/h7-18H,6,19-20H2,1-5H3/q+1. The van der Waals surface area contributed by atoms with Crippen molar-refractivity contribution in [1.82, 2.24) is 9.05 Å². The van der Waals surface area contributed by atoms with Crippen LogP contribution in [0, 0.1) is 0 Å². The first-order valence-corrected chi connectivity index (χ1v) is 12.0. The number of aromatic nitrogens is 1. The molecular formula is C30H33N2O2+. The minimum Gasteiger partial charge on any atom is -0.497 e. The lowest BCUT2D eigenvalue weighted by Gasteiger charge is -2.25. The van der Waals surface area contributed by atoms with Gasteiger partial charge in [-0.05, 0) is 59.0 Å². The molecule has 5 rings (SSSR count). The van der Waals surface area contributed by atoms with Crippen LogP contribution in [0.5, 0.6) is 11.5 Å². The van der Waals surface area contributed by atoms with E-state index in [0.717, 1.165) is 35.5 Å². The van der Waals surface area contributed by atoms with Crippen LogP contribution in [0.3, 0.4) is 0 Å². The maximum absolute atomic E-state index is 5.45. The number of hydrogen-bond acceptors (Lipinski definition) is 2. The van der Waals surface area contributed by atoms with E-state index in [1.54, 1.807) is 14.2 Å². The molecular weight excluding hydrogens is 420 g/mol. The molecule has 0 fully saturated rings. The Morgan fingerprint density at radius 3 is 1.91 bits per heavy atom. The highest BCUT2D eigenvalue weighted by atomic mass is 16.5. The largest absolute Gasteiger partial charge is 0.497 e. The van der Waals surface area contributed by atoms with Gasteiger partial charge in [0.1, 0.15) is 18.0 Å². The lowest BCUT2D eigenvalue weighted by atomic mass is 9.87. The monoisotopic (exact) mass is 453 g/mol. The van der Waals surface area contributed by atoms with Gasteiger partial charge in [-0.3, -0.25) is 9.05 Å². The predicted molar refractivity (Wildman–Crippen MR) is 143 cm³/mol. The zero-order valence-electron chi connectivity index (χ0n) is 20.8. The number of quaternary nitrogens is 1. The summed E-state index contributed by atoms with van der Waals surface area (Å²) in [4.78, 5) is 0. The molecule has 34 heavy (non-hydrogen) atoms. The molecule has 1 aromatic heterocycles. The van der Waals surface area contributed by atoms with Crippen LogP contribution < -0.4 is 14.0 Å². The molecule has 0 radical (unpaired) electrons. The number of methoxy groups -OCH3 is 2. The van der Waals surface area contributed by atoms with E-state index in [1.807, 2.05) is 0 Å². The normalized spacial score (nSPS) is 14.1. The summed E-state index contributed by atoms with van der Waals surface area (Å²) in [5.41, 5.74) is 7.71. The molecule has 4 nitrogen and oxygen atoms in total. The maximum atomic E-state index is 5.45. The van der Waals surface area contributed by atoms with Gasteiger partial charge in [0.25, 0.3) is 0 Å². The molecule has 4 heteroatoms. The van der Waals surface area contributed by atoms with Crippen LogP contribution in [-0.4, -0.2) is 39.4 Å². The molecule has 0 N–H and O–H groups in total. The summed E-state index contributed by atoms with van der Waals surface area (Å²) >= 11 is 0. The molecule has 0 bridgehead atoms. The topological polar surface area (TPSA) is 23.4 Å². The SMILES string of the molecule is CCC(=C(c1ccc(OC)cc1)c1ccc(OC)cc1)c1c2n(c3ccccc13)CC[N+]2(C)C. The summed E-state index contributed by atoms with van der Waals surface area (Å²) in [6.07, 6.45) is 0.925. The zero-order valence-corrected chi connectivity index (χ0v) is 20.8. The summed E-state index contributed by atoms with van der Waals surface area (Å²) in [7, 11) is 8.08. The fraction of sp³-hybridized carbons (Fsp3) is 0.267. The quantitative estimate of drug-likeness (QED) is 0.307. The fourth-order valence-electron chi connectivity index (χ4n) is 5.41. The van der Waals surface area contributed by atoms with Gasteiger partial charge in [0.15, 0.2) is 0 Å². The van der Waals surface area contributed by atoms with Crippen LogP contribution in [0.25, 0.3) is 22.0 Å². The third-order valence-electron chi connectivity index (χ3n) is 7.11. The van der Waals surface area contributed by atoms with E-state index in [9.17, 15) is 0 Å². The molecule has 0 amide bonds. The Balaban J connectivity index is 1.86. The third kappa shape index (κ3) is 3.59. The number of allylic oxidation sites excluding steroid dienone is 1. The molecule has 4 aromatic rings. The van der Waals surface area contributed by atoms with Crippen molar-refractivity contribution in [2.75, 3.05) is 34.9 Å². The number of ether oxygens (including phenoxy) is 2. The Morgan fingerprint density at radius 1 is 0.824 bits per heavy atom. The Hall–Kier alpha value is -3.50. The summed E-state index contributed by atoms with van der Waals surface area (Å²) in [5.74, 6) is 3.13. The fourth-order valence-corrected chi connectivity index (χ4v) is 5.41. The van der Waals surface area contributed by atoms with Crippen molar-refractivity contribution in [3.05, 3.63) is 89.5 Å². The number of hydrogen-bond donors (Lipinski definition) is 0. The number of nitrogens with zero attached hydrogens (tertiary/aromatic N) is 2. The van der Waals surface area contributed by atoms with E-state index in [2.05, 4.69) is 98.4 Å². The molecule has 0 atom stereocenters. The van der Waals surface area contributed by atoms with Gasteiger partial charge in [0.05, 0.1) is 45.9 Å². The first kappa shape index (κ1) is 22.3. The van der Waals surface area contributed by atoms with Crippen LogP contribution in [0.4, 0.5) is 5.82 Å². The molecule has 2 heterocycles. The van der Waals surface area contributed by atoms with Crippen LogP contribution in [0.1, 0.15) is 30.0 Å². The van der Waals surface area contributed by atoms with Gasteiger partial charge in [0, 0.05) is 5.39 Å². The van der Waals surface area contributed by atoms with Crippen LogP contribution in [-0.2, 0) is 6.54 Å². The van der Waals surface area contributed by atoms with E-state index in [0.29, 0.717) is 0 Å². The minimum atomic E-state index is 0.865. The van der Waals surface area contributed by atoms with Crippen molar-refractivity contribution < 1.29 is 9.47 Å². The molecule has 3 aromatic carbocycles. The highest BCUT2D eigenvalue weighted by molar-refractivity contribution is 6.08. The third-order valence-corrected chi connectivity index (χ3v) is 7.11. The molecule has 0 spiro atoms. The molecule has 0 saturated heterocycles. The van der Waals surface area contributed by atoms with E-state index >= 15 is 0 Å². The van der Waals surface area contributed by atoms with Crippen LogP contribution >= 0.6 is 0 Å². The van der Waals surface area contributed by atoms with Gasteiger partial charge in [0.2, 0.25) is 5.82 Å². The van der Waals surface area contributed by atoms with Crippen LogP contribution in [0.2, 0.25) is 0 Å². The smallest absolute Gasteiger partial charge is 0.216 e. The van der Waals surface area contributed by atoms with Gasteiger partial charge in [-0.25, -0.2) is 0 Å². The Morgan fingerprint density at radius 2 is 1.38 bits per heavy atom. The Kier molecular flexibility index (Phi) is 5.70. The van der Waals surface area contributed by atoms with Gasteiger partial charge in [-0.2, -0.15) is 0 Å². The number of rotatable bonds is 6. The summed E-state index contributed by atoms with van der Waals surface area (Å²) in [6, 6.07) is 25.8. The predicted octanol–water partition coefficient (Wildman–Crippen LogP) is 6.61. The molecule has 0 unspecified atom stereocenters. The Bertz CT molecular complexity index is 1310. The highest BCUT2D eigenvalue weighted by Crippen LogP contribution is 2.47. The number of para-hydroxylation sites is 1. The number of likely N-dealkylation sites (N-methyl/N-ethyl adjacent to an activating group) is 1. The average molecular weight is 454 g/mol. The lowest BCUT2D eigenvalue weighted by molar-refractivity contribution is 0.414. The zero-order chi connectivity index (χ0) is 23.9. The second-order valence-corrected chi connectivity index (χ2v) is 9.44. The maximum Gasteiger partial charge on any atom is 0.216 e. The first-order chi connectivity index (χ1) is 16.5. The highest BCUT2D eigenvalue weighted by Gasteiger charge is 2.37. The van der Waals surface area contributed by atoms with Crippen molar-refractivity contribution in [3.8, 4) is 11.5 Å². The van der Waals surface area contributed by atoms with Crippen molar-refractivity contribution in [1.29, 1.82) is 0 Å². The van der Waals surface area contributed by atoms with Crippen molar-refractivity contribution in [2.24, 2.45) is 0 Å². The summed E-state index contributed by atoms with van der Waals surface area (Å²) < 4.78 is 14.3. The van der Waals surface area contributed by atoms with Crippen LogP contribution in [0.15, 0.2) is 72.8 Å². The van der Waals surface area contributed by atoms with E-state index in [4.69, 9.17) is 9.47 Å². The molecule has 0 saturated carbocycles.